The van der Waals surface area contributed by atoms with Crippen LogP contribution in [0, 0.1) is 12.7 Å². The normalized spacial score (nSPS) is 14.9. The van der Waals surface area contributed by atoms with Crippen LogP contribution in [0.25, 0.3) is 0 Å². The fourth-order valence-electron chi connectivity index (χ4n) is 3.32. The van der Waals surface area contributed by atoms with Crippen molar-refractivity contribution in [3.8, 4) is 0 Å². The number of halogens is 1. The van der Waals surface area contributed by atoms with Crippen LogP contribution in [0.3, 0.4) is 0 Å². The highest BCUT2D eigenvalue weighted by atomic mass is 19.1. The predicted octanol–water partition coefficient (Wildman–Crippen LogP) is 3.71. The number of carbonyl (C=O) groups excluding carboxylic acids is 2. The van der Waals surface area contributed by atoms with Crippen molar-refractivity contribution in [2.45, 2.75) is 20.4 Å². The molecule has 6 nitrogen and oxygen atoms in total. The largest absolute Gasteiger partial charge is 0.462 e. The van der Waals surface area contributed by atoms with Crippen LogP contribution < -0.4 is 5.32 Å². The molecule has 1 aliphatic heterocycles. The average molecular weight is 426 g/mol. The number of rotatable bonds is 8. The Morgan fingerprint density at radius 2 is 1.94 bits per heavy atom. The van der Waals surface area contributed by atoms with E-state index in [1.54, 1.807) is 13.0 Å². The molecule has 31 heavy (non-hydrogen) atoms. The Bertz CT molecular complexity index is 968. The minimum atomic E-state index is -0.799. The van der Waals surface area contributed by atoms with Gasteiger partial charge in [-0.3, -0.25) is 9.69 Å². The van der Waals surface area contributed by atoms with E-state index in [0.29, 0.717) is 19.8 Å². The number of para-hydroxylation sites is 1. The van der Waals surface area contributed by atoms with Crippen molar-refractivity contribution in [3.05, 3.63) is 76.7 Å². The van der Waals surface area contributed by atoms with E-state index in [1.165, 1.54) is 18.3 Å². The van der Waals surface area contributed by atoms with Gasteiger partial charge in [0.05, 0.1) is 25.4 Å². The molecular formula is C24H27FN2O4. The van der Waals surface area contributed by atoms with Gasteiger partial charge in [-0.2, -0.15) is 0 Å². The molecule has 164 valence electrons. The Morgan fingerprint density at radius 3 is 2.65 bits per heavy atom. The Labute approximate surface area is 181 Å². The second kappa shape index (κ2) is 10.8. The van der Waals surface area contributed by atoms with Crippen molar-refractivity contribution in [2.75, 3.05) is 38.2 Å². The molecule has 0 aliphatic carbocycles. The first-order valence-corrected chi connectivity index (χ1v) is 10.3. The number of hydrogen-bond acceptors (Lipinski definition) is 6. The summed E-state index contributed by atoms with van der Waals surface area (Å²) < 4.78 is 25.0. The van der Waals surface area contributed by atoms with Crippen LogP contribution in [0.4, 0.5) is 10.1 Å². The summed E-state index contributed by atoms with van der Waals surface area (Å²) in [6.45, 7) is 7.07. The van der Waals surface area contributed by atoms with Gasteiger partial charge >= 0.3 is 5.97 Å². The van der Waals surface area contributed by atoms with Crippen molar-refractivity contribution in [1.82, 2.24) is 4.90 Å². The number of carbonyl (C=O) groups is 2. The maximum Gasteiger partial charge on any atom is 0.343 e. The number of nitrogens with one attached hydrogen (secondary N) is 1. The number of morpholine rings is 1. The van der Waals surface area contributed by atoms with E-state index in [1.807, 2.05) is 31.2 Å². The van der Waals surface area contributed by atoms with E-state index >= 15 is 0 Å². The molecule has 0 radical (unpaired) electrons. The summed E-state index contributed by atoms with van der Waals surface area (Å²) >= 11 is 0. The number of Topliss-reactive ketones (excluding diaryl/α,β-unsaturated/α-hetero) is 1. The molecule has 7 heteroatoms. The SMILES string of the molecule is CCOC(=O)/C(=C\Nc1ccccc1C)C(=O)c1cc(CN2CCOCC2)ccc1F. The third kappa shape index (κ3) is 5.99. The van der Waals surface area contributed by atoms with Crippen LogP contribution >= 0.6 is 0 Å². The third-order valence-corrected chi connectivity index (χ3v) is 5.04. The molecule has 1 N–H and O–H groups in total. The van der Waals surface area contributed by atoms with Crippen LogP contribution in [0.5, 0.6) is 0 Å². The lowest BCUT2D eigenvalue weighted by Crippen LogP contribution is -2.35. The molecule has 3 rings (SSSR count). The van der Waals surface area contributed by atoms with Gasteiger partial charge in [0.25, 0.3) is 0 Å². The number of ketones is 1. The number of esters is 1. The molecule has 0 atom stereocenters. The van der Waals surface area contributed by atoms with E-state index < -0.39 is 17.6 Å². The molecule has 0 bridgehead atoms. The minimum Gasteiger partial charge on any atom is -0.462 e. The fraction of sp³-hybridized carbons (Fsp3) is 0.333. The van der Waals surface area contributed by atoms with Gasteiger partial charge in [0.15, 0.2) is 0 Å². The monoisotopic (exact) mass is 426 g/mol. The second-order valence-electron chi connectivity index (χ2n) is 7.27. The predicted molar refractivity (Wildman–Crippen MR) is 116 cm³/mol. The lowest BCUT2D eigenvalue weighted by atomic mass is 10.0. The zero-order chi connectivity index (χ0) is 22.2. The molecule has 1 fully saturated rings. The maximum absolute atomic E-state index is 14.6. The van der Waals surface area contributed by atoms with Crippen molar-refractivity contribution in [3.63, 3.8) is 0 Å². The highest BCUT2D eigenvalue weighted by Gasteiger charge is 2.24. The lowest BCUT2D eigenvalue weighted by Gasteiger charge is -2.26. The molecule has 1 saturated heterocycles. The highest BCUT2D eigenvalue weighted by molar-refractivity contribution is 6.24. The van der Waals surface area contributed by atoms with Crippen LogP contribution in [0.2, 0.25) is 0 Å². The van der Waals surface area contributed by atoms with Crippen molar-refractivity contribution < 1.29 is 23.5 Å². The Hall–Kier alpha value is -3.03. The van der Waals surface area contributed by atoms with E-state index in [-0.39, 0.29) is 17.7 Å². The molecule has 2 aromatic rings. The summed E-state index contributed by atoms with van der Waals surface area (Å²) in [5.41, 5.74) is 2.05. The lowest BCUT2D eigenvalue weighted by molar-refractivity contribution is -0.138. The van der Waals surface area contributed by atoms with Gasteiger partial charge in [0.2, 0.25) is 5.78 Å². The quantitative estimate of drug-likeness (QED) is 0.228. The summed E-state index contributed by atoms with van der Waals surface area (Å²) in [6, 6.07) is 11.9. The molecule has 0 aromatic heterocycles. The van der Waals surface area contributed by atoms with E-state index in [2.05, 4.69) is 10.2 Å². The molecule has 2 aromatic carbocycles. The topological polar surface area (TPSA) is 67.9 Å². The average Bonchev–Trinajstić information content (AvgIpc) is 2.77. The summed E-state index contributed by atoms with van der Waals surface area (Å²) in [5.74, 6) is -2.20. The van der Waals surface area contributed by atoms with Gasteiger partial charge < -0.3 is 14.8 Å². The molecule has 0 unspecified atom stereocenters. The molecule has 0 saturated carbocycles. The first-order valence-electron chi connectivity index (χ1n) is 10.3. The Kier molecular flexibility index (Phi) is 7.92. The fourth-order valence-corrected chi connectivity index (χ4v) is 3.32. The zero-order valence-electron chi connectivity index (χ0n) is 17.8. The summed E-state index contributed by atoms with van der Waals surface area (Å²) in [5, 5.41) is 2.97. The molecule has 0 spiro atoms. The number of hydrogen-bond donors (Lipinski definition) is 1. The van der Waals surface area contributed by atoms with E-state index in [9.17, 15) is 14.0 Å². The smallest absolute Gasteiger partial charge is 0.343 e. The van der Waals surface area contributed by atoms with Gasteiger partial charge in [-0.15, -0.1) is 0 Å². The first kappa shape index (κ1) is 22.7. The Morgan fingerprint density at radius 1 is 1.19 bits per heavy atom. The van der Waals surface area contributed by atoms with E-state index in [0.717, 1.165) is 29.9 Å². The van der Waals surface area contributed by atoms with Crippen molar-refractivity contribution >= 4 is 17.4 Å². The summed E-state index contributed by atoms with van der Waals surface area (Å²) in [7, 11) is 0. The number of aryl methyl sites for hydroxylation is 1. The minimum absolute atomic E-state index is 0.105. The first-order chi connectivity index (χ1) is 15.0. The van der Waals surface area contributed by atoms with Gasteiger partial charge in [0.1, 0.15) is 11.4 Å². The number of anilines is 1. The summed E-state index contributed by atoms with van der Waals surface area (Å²) in [4.78, 5) is 27.8. The van der Waals surface area contributed by atoms with Crippen LogP contribution in [-0.2, 0) is 20.8 Å². The van der Waals surface area contributed by atoms with Crippen LogP contribution in [-0.4, -0.2) is 49.6 Å². The third-order valence-electron chi connectivity index (χ3n) is 5.04. The molecular weight excluding hydrogens is 399 g/mol. The summed E-state index contributed by atoms with van der Waals surface area (Å²) in [6.07, 6.45) is 1.29. The highest BCUT2D eigenvalue weighted by Crippen LogP contribution is 2.19. The number of benzene rings is 2. The standard InChI is InChI=1S/C24H27FN2O4/c1-3-31-24(29)20(15-26-22-7-5-4-6-17(22)2)23(28)19-14-18(8-9-21(19)25)16-27-10-12-30-13-11-27/h4-9,14-15,26H,3,10-13,16H2,1-2H3/b20-15-. The molecule has 0 amide bonds. The van der Waals surface area contributed by atoms with Crippen molar-refractivity contribution in [1.29, 1.82) is 0 Å². The Balaban J connectivity index is 1.87. The van der Waals surface area contributed by atoms with Crippen molar-refractivity contribution in [2.24, 2.45) is 0 Å². The number of ether oxygens (including phenoxy) is 2. The van der Waals surface area contributed by atoms with Crippen LogP contribution in [0.15, 0.2) is 54.2 Å². The van der Waals surface area contributed by atoms with Gasteiger partial charge in [0, 0.05) is 31.5 Å². The zero-order valence-corrected chi connectivity index (χ0v) is 17.8. The van der Waals surface area contributed by atoms with Gasteiger partial charge in [-0.1, -0.05) is 24.3 Å². The van der Waals surface area contributed by atoms with E-state index in [4.69, 9.17) is 9.47 Å². The number of nitrogens with zero attached hydrogens (tertiary/aromatic N) is 1. The van der Waals surface area contributed by atoms with Gasteiger partial charge in [-0.25, -0.2) is 9.18 Å². The molecule has 1 heterocycles. The molecule has 1 aliphatic rings. The maximum atomic E-state index is 14.6. The van der Waals surface area contributed by atoms with Gasteiger partial charge in [-0.05, 0) is 43.2 Å². The van der Waals surface area contributed by atoms with Crippen LogP contribution in [0.1, 0.15) is 28.4 Å². The second-order valence-corrected chi connectivity index (χ2v) is 7.27.